The second-order valence-electron chi connectivity index (χ2n) is 6.62. The highest BCUT2D eigenvalue weighted by Crippen LogP contribution is 2.39. The van der Waals surface area contributed by atoms with Crippen LogP contribution in [0.25, 0.3) is 5.69 Å². The summed E-state index contributed by atoms with van der Waals surface area (Å²) >= 11 is 5.53. The maximum atomic E-state index is 11.0. The molecule has 9 heteroatoms. The molecule has 8 nitrogen and oxygen atoms in total. The Hall–Kier alpha value is -3.30. The fourth-order valence-corrected chi connectivity index (χ4v) is 4.01. The lowest BCUT2D eigenvalue weighted by molar-refractivity contribution is -0.384. The maximum absolute atomic E-state index is 11.0. The van der Waals surface area contributed by atoms with Crippen molar-refractivity contribution in [1.82, 2.24) is 19.8 Å². The minimum Gasteiger partial charge on any atom is -0.395 e. The van der Waals surface area contributed by atoms with Gasteiger partial charge in [0.25, 0.3) is 5.69 Å². The largest absolute Gasteiger partial charge is 0.395 e. The molecule has 2 unspecified atom stereocenters. The SMILES string of the molecule is O=[N+]([O-])c1ccc(-n2cccc2C2C(c3ccccn3)NC(=S)N2CCO)cc1. The number of aliphatic hydroxyl groups excluding tert-OH is 1. The van der Waals surface area contributed by atoms with Gasteiger partial charge in [-0.05, 0) is 48.6 Å². The van der Waals surface area contributed by atoms with Gasteiger partial charge in [-0.3, -0.25) is 15.1 Å². The number of benzene rings is 1. The number of hydrogen-bond acceptors (Lipinski definition) is 5. The summed E-state index contributed by atoms with van der Waals surface area (Å²) in [5, 5.41) is 24.4. The lowest BCUT2D eigenvalue weighted by Crippen LogP contribution is -2.32. The highest BCUT2D eigenvalue weighted by molar-refractivity contribution is 7.80. The van der Waals surface area contributed by atoms with E-state index in [1.165, 1.54) is 12.1 Å². The van der Waals surface area contributed by atoms with Crippen LogP contribution in [-0.2, 0) is 0 Å². The van der Waals surface area contributed by atoms with Gasteiger partial charge >= 0.3 is 0 Å². The Morgan fingerprint density at radius 2 is 1.97 bits per heavy atom. The zero-order valence-corrected chi connectivity index (χ0v) is 16.2. The fraction of sp³-hybridized carbons (Fsp3) is 0.200. The Balaban J connectivity index is 1.77. The number of nitro groups is 1. The molecule has 1 aliphatic rings. The normalized spacial score (nSPS) is 18.7. The van der Waals surface area contributed by atoms with E-state index in [2.05, 4.69) is 10.3 Å². The lowest BCUT2D eigenvalue weighted by Gasteiger charge is -2.28. The lowest BCUT2D eigenvalue weighted by atomic mass is 10.0. The van der Waals surface area contributed by atoms with Crippen molar-refractivity contribution in [2.45, 2.75) is 12.1 Å². The van der Waals surface area contributed by atoms with E-state index in [-0.39, 0.29) is 24.4 Å². The van der Waals surface area contributed by atoms with Crippen LogP contribution in [0.4, 0.5) is 5.69 Å². The second-order valence-corrected chi connectivity index (χ2v) is 7.01. The number of nitrogens with zero attached hydrogens (tertiary/aromatic N) is 4. The van der Waals surface area contributed by atoms with Gasteiger partial charge in [0.15, 0.2) is 5.11 Å². The maximum Gasteiger partial charge on any atom is 0.269 e. The summed E-state index contributed by atoms with van der Waals surface area (Å²) in [6.45, 7) is 0.344. The van der Waals surface area contributed by atoms with E-state index in [4.69, 9.17) is 12.2 Å². The zero-order valence-electron chi connectivity index (χ0n) is 15.4. The van der Waals surface area contributed by atoms with Gasteiger partial charge in [0.2, 0.25) is 0 Å². The van der Waals surface area contributed by atoms with Crippen molar-refractivity contribution in [3.05, 3.63) is 88.5 Å². The van der Waals surface area contributed by atoms with Crippen molar-refractivity contribution in [2.75, 3.05) is 13.2 Å². The number of aliphatic hydroxyl groups is 1. The van der Waals surface area contributed by atoms with Crippen molar-refractivity contribution in [3.63, 3.8) is 0 Å². The number of non-ortho nitro benzene ring substituents is 1. The molecule has 2 aromatic heterocycles. The minimum absolute atomic E-state index is 0.0362. The molecule has 0 saturated carbocycles. The molecule has 2 N–H and O–H groups in total. The van der Waals surface area contributed by atoms with Gasteiger partial charge in [0.05, 0.1) is 29.3 Å². The highest BCUT2D eigenvalue weighted by atomic mass is 32.1. The summed E-state index contributed by atoms with van der Waals surface area (Å²) in [4.78, 5) is 17.0. The molecule has 2 atom stereocenters. The Bertz CT molecular complexity index is 1020. The summed E-state index contributed by atoms with van der Waals surface area (Å²) in [6.07, 6.45) is 3.64. The van der Waals surface area contributed by atoms with Crippen LogP contribution in [0.15, 0.2) is 67.0 Å². The number of pyridine rings is 1. The molecule has 3 aromatic rings. The van der Waals surface area contributed by atoms with Crippen molar-refractivity contribution < 1.29 is 10.0 Å². The monoisotopic (exact) mass is 409 g/mol. The van der Waals surface area contributed by atoms with Crippen LogP contribution >= 0.6 is 12.2 Å². The molecule has 1 aliphatic heterocycles. The Labute approximate surface area is 172 Å². The summed E-state index contributed by atoms with van der Waals surface area (Å²) in [5.41, 5.74) is 2.63. The first kappa shape index (κ1) is 19.0. The van der Waals surface area contributed by atoms with Crippen LogP contribution < -0.4 is 5.32 Å². The summed E-state index contributed by atoms with van der Waals surface area (Å²) < 4.78 is 1.98. The van der Waals surface area contributed by atoms with Gasteiger partial charge in [0.1, 0.15) is 0 Å². The fourth-order valence-electron chi connectivity index (χ4n) is 3.68. The molecular weight excluding hydrogens is 390 g/mol. The average molecular weight is 409 g/mol. The Morgan fingerprint density at radius 1 is 1.17 bits per heavy atom. The van der Waals surface area contributed by atoms with Crippen LogP contribution in [0.1, 0.15) is 23.5 Å². The van der Waals surface area contributed by atoms with E-state index in [0.717, 1.165) is 17.1 Å². The van der Waals surface area contributed by atoms with Gasteiger partial charge in [-0.2, -0.15) is 0 Å². The predicted octanol–water partition coefficient (Wildman–Crippen LogP) is 2.75. The van der Waals surface area contributed by atoms with Crippen LogP contribution in [0.2, 0.25) is 0 Å². The standard InChI is InChI=1S/C20H19N5O3S/c26-13-12-24-19(18(22-20(24)29)16-4-1-2-10-21-16)17-5-3-11-23(17)14-6-8-15(9-7-14)25(27)28/h1-11,18-19,26H,12-13H2,(H,22,29). The van der Waals surface area contributed by atoms with Crippen molar-refractivity contribution in [1.29, 1.82) is 0 Å². The van der Waals surface area contributed by atoms with E-state index < -0.39 is 4.92 Å². The van der Waals surface area contributed by atoms with E-state index in [9.17, 15) is 15.2 Å². The zero-order chi connectivity index (χ0) is 20.4. The molecular formula is C20H19N5O3S. The molecule has 0 amide bonds. The molecule has 1 aromatic carbocycles. The van der Waals surface area contributed by atoms with E-state index >= 15 is 0 Å². The number of aromatic nitrogens is 2. The molecule has 3 heterocycles. The highest BCUT2D eigenvalue weighted by Gasteiger charge is 2.40. The van der Waals surface area contributed by atoms with Crippen molar-refractivity contribution in [3.8, 4) is 5.69 Å². The van der Waals surface area contributed by atoms with E-state index in [0.29, 0.717) is 11.7 Å². The topological polar surface area (TPSA) is 96.5 Å². The molecule has 4 rings (SSSR count). The van der Waals surface area contributed by atoms with E-state index in [1.54, 1.807) is 18.3 Å². The Morgan fingerprint density at radius 3 is 2.62 bits per heavy atom. The smallest absolute Gasteiger partial charge is 0.269 e. The number of hydrogen-bond donors (Lipinski definition) is 2. The number of nitrogens with one attached hydrogen (secondary N) is 1. The average Bonchev–Trinajstić information content (AvgIpc) is 3.34. The first-order valence-electron chi connectivity index (χ1n) is 9.11. The molecule has 29 heavy (non-hydrogen) atoms. The molecule has 0 radical (unpaired) electrons. The number of nitro benzene ring substituents is 1. The van der Waals surface area contributed by atoms with Crippen LogP contribution in [0.5, 0.6) is 0 Å². The molecule has 1 fully saturated rings. The van der Waals surface area contributed by atoms with Gasteiger partial charge in [-0.15, -0.1) is 0 Å². The van der Waals surface area contributed by atoms with Crippen LogP contribution in [-0.4, -0.2) is 42.7 Å². The quantitative estimate of drug-likeness (QED) is 0.367. The van der Waals surface area contributed by atoms with Crippen LogP contribution in [0, 0.1) is 10.1 Å². The van der Waals surface area contributed by atoms with Gasteiger partial charge < -0.3 is 19.9 Å². The van der Waals surface area contributed by atoms with Crippen LogP contribution in [0.3, 0.4) is 0 Å². The van der Waals surface area contributed by atoms with E-state index in [1.807, 2.05) is 46.0 Å². The van der Waals surface area contributed by atoms with Gasteiger partial charge in [0, 0.05) is 42.5 Å². The number of rotatable bonds is 6. The number of β-amino-alcohol motifs (C(OH)–C–C–N with tert-alkyl or cyclic N) is 1. The second kappa shape index (κ2) is 7.98. The third-order valence-electron chi connectivity index (χ3n) is 4.96. The predicted molar refractivity (Wildman–Crippen MR) is 112 cm³/mol. The van der Waals surface area contributed by atoms with Crippen molar-refractivity contribution in [2.24, 2.45) is 0 Å². The van der Waals surface area contributed by atoms with Crippen molar-refractivity contribution >= 4 is 23.0 Å². The third-order valence-corrected chi connectivity index (χ3v) is 5.31. The summed E-state index contributed by atoms with van der Waals surface area (Å²) in [7, 11) is 0. The minimum atomic E-state index is -0.417. The molecule has 148 valence electrons. The number of thiocarbonyl (C=S) groups is 1. The first-order chi connectivity index (χ1) is 14.1. The molecule has 1 saturated heterocycles. The molecule has 0 spiro atoms. The summed E-state index contributed by atoms with van der Waals surface area (Å²) in [5.74, 6) is 0. The first-order valence-corrected chi connectivity index (χ1v) is 9.52. The van der Waals surface area contributed by atoms with Gasteiger partial charge in [-0.1, -0.05) is 6.07 Å². The molecule has 0 bridgehead atoms. The molecule has 0 aliphatic carbocycles. The van der Waals surface area contributed by atoms with Gasteiger partial charge in [-0.25, -0.2) is 0 Å². The Kier molecular flexibility index (Phi) is 5.24. The third kappa shape index (κ3) is 3.57. The summed E-state index contributed by atoms with van der Waals surface area (Å²) in [6, 6.07) is 15.6.